The molecule has 0 fully saturated rings. The quantitative estimate of drug-likeness (QED) is 0.703. The van der Waals surface area contributed by atoms with E-state index in [1.54, 1.807) is 22.7 Å². The van der Waals surface area contributed by atoms with Crippen molar-refractivity contribution >= 4 is 34.3 Å². The highest BCUT2D eigenvalue weighted by Crippen LogP contribution is 2.31. The number of para-hydroxylation sites is 1. The van der Waals surface area contributed by atoms with Gasteiger partial charge in [0.1, 0.15) is 23.4 Å². The Labute approximate surface area is 157 Å². The number of anilines is 1. The first-order valence-electron chi connectivity index (χ1n) is 8.31. The Balaban J connectivity index is 1.56. The smallest absolute Gasteiger partial charge is 0.279 e. The van der Waals surface area contributed by atoms with Gasteiger partial charge in [0, 0.05) is 16.9 Å². The van der Waals surface area contributed by atoms with Crippen LogP contribution in [0.15, 0.2) is 47.2 Å². The molecule has 3 aromatic rings. The highest BCUT2D eigenvalue weighted by Gasteiger charge is 2.35. The van der Waals surface area contributed by atoms with Gasteiger partial charge in [-0.15, -0.1) is 22.7 Å². The van der Waals surface area contributed by atoms with Crippen LogP contribution in [-0.2, 0) is 11.2 Å². The summed E-state index contributed by atoms with van der Waals surface area (Å²) in [4.78, 5) is 16.1. The van der Waals surface area contributed by atoms with Gasteiger partial charge in [0.15, 0.2) is 6.54 Å². The largest absolute Gasteiger partial charge is 0.316 e. The number of benzene rings is 1. The number of hydrogen-bond donors (Lipinski definition) is 2. The number of thiophene rings is 2. The van der Waals surface area contributed by atoms with E-state index in [0.717, 1.165) is 30.0 Å². The van der Waals surface area contributed by atoms with Crippen LogP contribution in [0, 0.1) is 11.6 Å². The first-order chi connectivity index (χ1) is 12.6. The van der Waals surface area contributed by atoms with Crippen molar-refractivity contribution in [2.24, 2.45) is 0 Å². The number of halogens is 2. The Kier molecular flexibility index (Phi) is 4.84. The number of amides is 1. The molecule has 1 amide bonds. The molecule has 2 aromatic heterocycles. The van der Waals surface area contributed by atoms with Gasteiger partial charge in [-0.25, -0.2) is 8.78 Å². The minimum absolute atomic E-state index is 0.0845. The Bertz CT molecular complexity index is 903. The molecule has 1 aliphatic rings. The third-order valence-electron chi connectivity index (χ3n) is 4.61. The number of hydrogen-bond acceptors (Lipinski definition) is 3. The fourth-order valence-electron chi connectivity index (χ4n) is 3.46. The van der Waals surface area contributed by atoms with Crippen molar-refractivity contribution < 1.29 is 18.5 Å². The van der Waals surface area contributed by atoms with Gasteiger partial charge in [-0.1, -0.05) is 12.1 Å². The van der Waals surface area contributed by atoms with Crippen LogP contribution in [0.1, 0.15) is 21.4 Å². The predicted molar refractivity (Wildman–Crippen MR) is 99.9 cm³/mol. The average molecular weight is 391 g/mol. The van der Waals surface area contributed by atoms with Crippen molar-refractivity contribution in [2.45, 2.75) is 12.5 Å². The van der Waals surface area contributed by atoms with E-state index in [-0.39, 0.29) is 24.2 Å². The monoisotopic (exact) mass is 391 g/mol. The van der Waals surface area contributed by atoms with Crippen molar-refractivity contribution in [1.82, 2.24) is 0 Å². The average Bonchev–Trinajstić information content (AvgIpc) is 3.29. The highest BCUT2D eigenvalue weighted by atomic mass is 32.1. The standard InChI is InChI=1S/C19H16F2N2OS2/c20-13-3-1-4-14(21)18(13)22-17(24)11-23-8-6-15-12(7-10-26-15)19(23)16-5-2-9-25-16/h1-5,7,9-10,19H,6,8,11H2,(H,22,24)/p+1/t19-/m0/s1. The predicted octanol–water partition coefficient (Wildman–Crippen LogP) is 3.26. The molecule has 134 valence electrons. The van der Waals surface area contributed by atoms with Gasteiger partial charge in [0.2, 0.25) is 0 Å². The molecule has 0 radical (unpaired) electrons. The van der Waals surface area contributed by atoms with E-state index in [1.165, 1.54) is 21.4 Å². The number of carbonyl (C=O) groups excluding carboxylic acids is 1. The Morgan fingerprint density at radius 3 is 2.65 bits per heavy atom. The van der Waals surface area contributed by atoms with Gasteiger partial charge in [-0.3, -0.25) is 4.79 Å². The van der Waals surface area contributed by atoms with Crippen LogP contribution in [-0.4, -0.2) is 19.0 Å². The molecule has 0 saturated heterocycles. The zero-order chi connectivity index (χ0) is 18.1. The molecule has 2 N–H and O–H groups in total. The fraction of sp³-hybridized carbons (Fsp3) is 0.211. The van der Waals surface area contributed by atoms with Gasteiger partial charge >= 0.3 is 0 Å². The van der Waals surface area contributed by atoms with E-state index in [9.17, 15) is 13.6 Å². The molecule has 7 heteroatoms. The highest BCUT2D eigenvalue weighted by molar-refractivity contribution is 7.10. The van der Waals surface area contributed by atoms with Crippen molar-refractivity contribution in [3.05, 3.63) is 74.1 Å². The summed E-state index contributed by atoms with van der Waals surface area (Å²) in [6, 6.07) is 9.85. The second kappa shape index (κ2) is 7.26. The van der Waals surface area contributed by atoms with Crippen LogP contribution in [0.5, 0.6) is 0 Å². The summed E-state index contributed by atoms with van der Waals surface area (Å²) in [6.45, 7) is 0.967. The lowest BCUT2D eigenvalue weighted by molar-refractivity contribution is -0.919. The molecular weight excluding hydrogens is 374 g/mol. The minimum Gasteiger partial charge on any atom is -0.316 e. The van der Waals surface area contributed by atoms with E-state index < -0.39 is 11.6 Å². The van der Waals surface area contributed by atoms with Gasteiger partial charge in [0.25, 0.3) is 5.91 Å². The minimum atomic E-state index is -0.762. The number of carbonyl (C=O) groups is 1. The van der Waals surface area contributed by atoms with Gasteiger partial charge in [-0.2, -0.15) is 0 Å². The number of quaternary nitrogens is 1. The van der Waals surface area contributed by atoms with Crippen LogP contribution >= 0.6 is 22.7 Å². The molecule has 1 aliphatic heterocycles. The lowest BCUT2D eigenvalue weighted by atomic mass is 9.98. The molecule has 1 aromatic carbocycles. The van der Waals surface area contributed by atoms with E-state index in [2.05, 4.69) is 22.8 Å². The molecule has 3 heterocycles. The molecule has 4 rings (SSSR count). The van der Waals surface area contributed by atoms with Crippen LogP contribution in [0.4, 0.5) is 14.5 Å². The molecule has 2 atom stereocenters. The summed E-state index contributed by atoms with van der Waals surface area (Å²) in [7, 11) is 0. The first-order valence-corrected chi connectivity index (χ1v) is 10.1. The zero-order valence-corrected chi connectivity index (χ0v) is 15.4. The van der Waals surface area contributed by atoms with Gasteiger partial charge < -0.3 is 10.2 Å². The first kappa shape index (κ1) is 17.3. The van der Waals surface area contributed by atoms with Crippen molar-refractivity contribution in [1.29, 1.82) is 0 Å². The summed E-state index contributed by atoms with van der Waals surface area (Å²) < 4.78 is 27.6. The van der Waals surface area contributed by atoms with Crippen molar-refractivity contribution in [3.8, 4) is 0 Å². The maximum absolute atomic E-state index is 13.8. The van der Waals surface area contributed by atoms with Crippen LogP contribution in [0.2, 0.25) is 0 Å². The summed E-state index contributed by atoms with van der Waals surface area (Å²) >= 11 is 3.41. The van der Waals surface area contributed by atoms with E-state index in [4.69, 9.17) is 0 Å². The molecule has 3 nitrogen and oxygen atoms in total. The molecule has 0 saturated carbocycles. The lowest BCUT2D eigenvalue weighted by Gasteiger charge is -2.31. The number of fused-ring (bicyclic) bond motifs is 1. The van der Waals surface area contributed by atoms with Crippen LogP contribution in [0.25, 0.3) is 0 Å². The second-order valence-corrected chi connectivity index (χ2v) is 8.21. The summed E-state index contributed by atoms with van der Waals surface area (Å²) in [5.74, 6) is -1.91. The third-order valence-corrected chi connectivity index (χ3v) is 6.55. The number of rotatable bonds is 4. The van der Waals surface area contributed by atoms with Gasteiger partial charge in [0.05, 0.1) is 11.4 Å². The number of nitrogens with one attached hydrogen (secondary N) is 2. The Morgan fingerprint density at radius 1 is 1.12 bits per heavy atom. The lowest BCUT2D eigenvalue weighted by Crippen LogP contribution is -3.14. The molecule has 0 spiro atoms. The molecular formula is C19H17F2N2OS2+. The molecule has 26 heavy (non-hydrogen) atoms. The Morgan fingerprint density at radius 2 is 1.92 bits per heavy atom. The van der Waals surface area contributed by atoms with Crippen LogP contribution in [0.3, 0.4) is 0 Å². The molecule has 0 aliphatic carbocycles. The summed E-state index contributed by atoms with van der Waals surface area (Å²) in [6.07, 6.45) is 0.908. The van der Waals surface area contributed by atoms with Crippen molar-refractivity contribution in [3.63, 3.8) is 0 Å². The summed E-state index contributed by atoms with van der Waals surface area (Å²) in [5, 5.41) is 6.52. The van der Waals surface area contributed by atoms with Crippen molar-refractivity contribution in [2.75, 3.05) is 18.4 Å². The maximum atomic E-state index is 13.8. The fourth-order valence-corrected chi connectivity index (χ4v) is 5.28. The van der Waals surface area contributed by atoms with E-state index in [0.29, 0.717) is 0 Å². The topological polar surface area (TPSA) is 33.5 Å². The second-order valence-electron chi connectivity index (χ2n) is 6.23. The third kappa shape index (κ3) is 3.30. The van der Waals surface area contributed by atoms with E-state index >= 15 is 0 Å². The van der Waals surface area contributed by atoms with E-state index in [1.807, 2.05) is 11.4 Å². The summed E-state index contributed by atoms with van der Waals surface area (Å²) in [5.41, 5.74) is 0.876. The SMILES string of the molecule is O=C(C[NH+]1CCc2sccc2[C@H]1c1cccs1)Nc1c(F)cccc1F. The van der Waals surface area contributed by atoms with Gasteiger partial charge in [-0.05, 0) is 35.0 Å². The Hall–Kier alpha value is -2.09. The normalized spacial score (nSPS) is 19.2. The maximum Gasteiger partial charge on any atom is 0.279 e. The zero-order valence-electron chi connectivity index (χ0n) is 13.8. The van der Waals surface area contributed by atoms with Crippen LogP contribution < -0.4 is 10.2 Å². The molecule has 0 bridgehead atoms. The molecule has 1 unspecified atom stereocenters.